The average molecular weight is 260 g/mol. The molecule has 2 aliphatic carbocycles. The molecule has 19 heavy (non-hydrogen) atoms. The van der Waals surface area contributed by atoms with Crippen LogP contribution in [0.5, 0.6) is 0 Å². The van der Waals surface area contributed by atoms with Crippen LogP contribution >= 0.6 is 0 Å². The maximum Gasteiger partial charge on any atom is -0.0233 e. The van der Waals surface area contributed by atoms with E-state index in [0.29, 0.717) is 0 Å². The molecule has 0 aromatic rings. The fraction of sp³-hybridized carbons (Fsp3) is 0.789. The van der Waals surface area contributed by atoms with Crippen LogP contribution in [0, 0.1) is 23.7 Å². The van der Waals surface area contributed by atoms with Crippen LogP contribution in [0.1, 0.15) is 71.1 Å². The Kier molecular flexibility index (Phi) is 6.20. The summed E-state index contributed by atoms with van der Waals surface area (Å²) in [4.78, 5) is 0. The standard InChI is InChI=1S/C19H32/c1-3-5-6-7-17-10-14-19(15-11-17)18-12-8-16(4-2)9-13-18/h4,6-7,16-19H,2-3,5,8-15H2,1H3. The van der Waals surface area contributed by atoms with E-state index < -0.39 is 0 Å². The highest BCUT2D eigenvalue weighted by Crippen LogP contribution is 2.41. The van der Waals surface area contributed by atoms with Crippen LogP contribution in [0.15, 0.2) is 24.8 Å². The Morgan fingerprint density at radius 1 is 0.842 bits per heavy atom. The van der Waals surface area contributed by atoms with Crippen LogP contribution < -0.4 is 0 Å². The van der Waals surface area contributed by atoms with Gasteiger partial charge in [0, 0.05) is 0 Å². The van der Waals surface area contributed by atoms with Gasteiger partial charge in [0.05, 0.1) is 0 Å². The molecule has 0 atom stereocenters. The molecule has 0 spiro atoms. The summed E-state index contributed by atoms with van der Waals surface area (Å²) < 4.78 is 0. The van der Waals surface area contributed by atoms with Crippen molar-refractivity contribution >= 4 is 0 Å². The smallest absolute Gasteiger partial charge is 0.0233 e. The third kappa shape index (κ3) is 4.51. The molecule has 0 aromatic heterocycles. The average Bonchev–Trinajstić information content (AvgIpc) is 2.48. The molecule has 0 saturated heterocycles. The zero-order valence-electron chi connectivity index (χ0n) is 12.8. The normalized spacial score (nSPS) is 36.5. The molecule has 2 aliphatic rings. The number of hydrogen-bond donors (Lipinski definition) is 0. The van der Waals surface area contributed by atoms with E-state index in [9.17, 15) is 0 Å². The number of rotatable bonds is 5. The molecule has 0 N–H and O–H groups in total. The van der Waals surface area contributed by atoms with E-state index in [2.05, 4.69) is 31.7 Å². The number of unbranched alkanes of at least 4 members (excludes halogenated alkanes) is 1. The Labute approximate surface area is 120 Å². The molecule has 0 aromatic carbocycles. The van der Waals surface area contributed by atoms with Gasteiger partial charge in [0.25, 0.3) is 0 Å². The van der Waals surface area contributed by atoms with Gasteiger partial charge in [-0.15, -0.1) is 6.58 Å². The van der Waals surface area contributed by atoms with Gasteiger partial charge in [-0.05, 0) is 81.5 Å². The van der Waals surface area contributed by atoms with Crippen molar-refractivity contribution in [1.82, 2.24) is 0 Å². The summed E-state index contributed by atoms with van der Waals surface area (Å²) in [7, 11) is 0. The Morgan fingerprint density at radius 3 is 1.84 bits per heavy atom. The molecular formula is C19H32. The molecule has 0 unspecified atom stereocenters. The van der Waals surface area contributed by atoms with Gasteiger partial charge in [0.2, 0.25) is 0 Å². The van der Waals surface area contributed by atoms with Gasteiger partial charge < -0.3 is 0 Å². The fourth-order valence-electron chi connectivity index (χ4n) is 4.12. The first-order chi connectivity index (χ1) is 9.33. The van der Waals surface area contributed by atoms with Gasteiger partial charge in [0.15, 0.2) is 0 Å². The lowest BCUT2D eigenvalue weighted by Crippen LogP contribution is -2.25. The predicted octanol–water partition coefficient (Wildman–Crippen LogP) is 6.14. The van der Waals surface area contributed by atoms with E-state index in [1.807, 2.05) is 0 Å². The van der Waals surface area contributed by atoms with Crippen LogP contribution in [-0.2, 0) is 0 Å². The molecule has 0 nitrogen and oxygen atoms in total. The third-order valence-corrected chi connectivity index (χ3v) is 5.50. The number of allylic oxidation sites excluding steroid dienone is 3. The highest BCUT2D eigenvalue weighted by molar-refractivity contribution is 4.93. The van der Waals surface area contributed by atoms with Crippen molar-refractivity contribution in [1.29, 1.82) is 0 Å². The second-order valence-electron chi connectivity index (χ2n) is 6.80. The molecule has 2 fully saturated rings. The molecule has 0 radical (unpaired) electrons. The van der Waals surface area contributed by atoms with Gasteiger partial charge in [0.1, 0.15) is 0 Å². The molecule has 0 aliphatic heterocycles. The van der Waals surface area contributed by atoms with E-state index in [-0.39, 0.29) is 0 Å². The summed E-state index contributed by atoms with van der Waals surface area (Å²) in [6.07, 6.45) is 21.3. The number of hydrogen-bond acceptors (Lipinski definition) is 0. The van der Waals surface area contributed by atoms with Crippen molar-refractivity contribution in [2.45, 2.75) is 71.1 Å². The second kappa shape index (κ2) is 7.92. The van der Waals surface area contributed by atoms with Gasteiger partial charge >= 0.3 is 0 Å². The summed E-state index contributed by atoms with van der Waals surface area (Å²) >= 11 is 0. The Morgan fingerprint density at radius 2 is 1.37 bits per heavy atom. The van der Waals surface area contributed by atoms with Crippen molar-refractivity contribution in [3.63, 3.8) is 0 Å². The minimum absolute atomic E-state index is 0.824. The SMILES string of the molecule is C=CC1CCC(C2CCC(C=CCCC)CC2)CC1. The Hall–Kier alpha value is -0.520. The molecule has 0 heteroatoms. The third-order valence-electron chi connectivity index (χ3n) is 5.50. The van der Waals surface area contributed by atoms with Crippen molar-refractivity contribution in [2.24, 2.45) is 23.7 Å². The van der Waals surface area contributed by atoms with Crippen LogP contribution in [0.25, 0.3) is 0 Å². The zero-order valence-corrected chi connectivity index (χ0v) is 12.8. The fourth-order valence-corrected chi connectivity index (χ4v) is 4.12. The first-order valence-electron chi connectivity index (χ1n) is 8.62. The van der Waals surface area contributed by atoms with Gasteiger partial charge in [-0.1, -0.05) is 31.6 Å². The maximum absolute atomic E-state index is 3.96. The second-order valence-corrected chi connectivity index (χ2v) is 6.80. The van der Waals surface area contributed by atoms with Gasteiger partial charge in [-0.2, -0.15) is 0 Å². The minimum atomic E-state index is 0.824. The molecule has 0 bridgehead atoms. The quantitative estimate of drug-likeness (QED) is 0.521. The monoisotopic (exact) mass is 260 g/mol. The van der Waals surface area contributed by atoms with Crippen LogP contribution in [0.3, 0.4) is 0 Å². The van der Waals surface area contributed by atoms with Crippen molar-refractivity contribution in [3.8, 4) is 0 Å². The van der Waals surface area contributed by atoms with Crippen molar-refractivity contribution in [3.05, 3.63) is 24.8 Å². The molecule has 2 rings (SSSR count). The largest absolute Gasteiger partial charge is 0.103 e. The van der Waals surface area contributed by atoms with E-state index in [4.69, 9.17) is 0 Å². The summed E-state index contributed by atoms with van der Waals surface area (Å²) in [6.45, 7) is 6.22. The topological polar surface area (TPSA) is 0 Å². The van der Waals surface area contributed by atoms with Crippen molar-refractivity contribution < 1.29 is 0 Å². The highest BCUT2D eigenvalue weighted by Gasteiger charge is 2.29. The zero-order chi connectivity index (χ0) is 13.5. The van der Waals surface area contributed by atoms with E-state index >= 15 is 0 Å². The molecule has 0 amide bonds. The lowest BCUT2D eigenvalue weighted by atomic mass is 9.69. The summed E-state index contributed by atoms with van der Waals surface area (Å²) in [5, 5.41) is 0. The molecule has 108 valence electrons. The van der Waals surface area contributed by atoms with E-state index in [1.54, 1.807) is 0 Å². The van der Waals surface area contributed by atoms with Crippen molar-refractivity contribution in [2.75, 3.05) is 0 Å². The Bertz CT molecular complexity index is 272. The lowest BCUT2D eigenvalue weighted by Gasteiger charge is -2.36. The lowest BCUT2D eigenvalue weighted by molar-refractivity contribution is 0.166. The summed E-state index contributed by atoms with van der Waals surface area (Å²) in [5.74, 6) is 3.80. The van der Waals surface area contributed by atoms with Gasteiger partial charge in [-0.3, -0.25) is 0 Å². The molecular weight excluding hydrogens is 228 g/mol. The molecule has 0 heterocycles. The maximum atomic E-state index is 3.96. The highest BCUT2D eigenvalue weighted by atomic mass is 14.3. The predicted molar refractivity (Wildman–Crippen MR) is 85.1 cm³/mol. The van der Waals surface area contributed by atoms with E-state index in [1.165, 1.54) is 64.2 Å². The van der Waals surface area contributed by atoms with Crippen LogP contribution in [0.2, 0.25) is 0 Å². The van der Waals surface area contributed by atoms with Gasteiger partial charge in [-0.25, -0.2) is 0 Å². The van der Waals surface area contributed by atoms with E-state index in [0.717, 1.165) is 23.7 Å². The summed E-state index contributed by atoms with van der Waals surface area (Å²) in [5.41, 5.74) is 0. The van der Waals surface area contributed by atoms with Crippen LogP contribution in [-0.4, -0.2) is 0 Å². The molecule has 2 saturated carbocycles. The van der Waals surface area contributed by atoms with Crippen LogP contribution in [0.4, 0.5) is 0 Å². The first kappa shape index (κ1) is 14.9. The minimum Gasteiger partial charge on any atom is -0.103 e. The summed E-state index contributed by atoms with van der Waals surface area (Å²) in [6, 6.07) is 0. The first-order valence-corrected chi connectivity index (χ1v) is 8.62. The Balaban J connectivity index is 1.70.